The second-order valence-corrected chi connectivity index (χ2v) is 15.2. The van der Waals surface area contributed by atoms with Gasteiger partial charge in [-0.15, -0.1) is 0 Å². The highest BCUT2D eigenvalue weighted by Crippen LogP contribution is 2.39. The molecule has 0 saturated carbocycles. The van der Waals surface area contributed by atoms with E-state index >= 15 is 0 Å². The summed E-state index contributed by atoms with van der Waals surface area (Å²) in [5.74, 6) is -0.815. The van der Waals surface area contributed by atoms with E-state index < -0.39 is 14.1 Å². The topological polar surface area (TPSA) is 44.8 Å². The smallest absolute Gasteiger partial charge is 0.261 e. The Hall–Kier alpha value is -1.79. The Kier molecular flexibility index (Phi) is 7.69. The van der Waals surface area contributed by atoms with Gasteiger partial charge in [-0.2, -0.15) is 0 Å². The molecule has 0 radical (unpaired) electrons. The van der Waals surface area contributed by atoms with E-state index in [1.807, 2.05) is 20.8 Å². The fourth-order valence-electron chi connectivity index (χ4n) is 5.09. The standard InChI is InChI=1S/C28H40O4Si/c1-20(22(3)29)26-21(2)25(31-28(7,8)32-26)19-30-33(27(4,5)6,23-15-11-9-12-16-23)24-17-13-10-14-18-24/h9-18,20-21,25-26H,19H2,1-8H3/t20-,21-,25-,26-/m0/s1. The summed E-state index contributed by atoms with van der Waals surface area (Å²) >= 11 is 0. The number of ether oxygens (including phenoxy) is 2. The molecule has 0 aliphatic carbocycles. The first kappa shape index (κ1) is 25.8. The van der Waals surface area contributed by atoms with E-state index in [1.54, 1.807) is 6.92 Å². The number of hydrogen-bond acceptors (Lipinski definition) is 4. The summed E-state index contributed by atoms with van der Waals surface area (Å²) in [5.41, 5.74) is 0. The van der Waals surface area contributed by atoms with Crippen molar-refractivity contribution >= 4 is 24.5 Å². The van der Waals surface area contributed by atoms with Gasteiger partial charge in [0.05, 0.1) is 18.8 Å². The molecule has 0 amide bonds. The molecule has 1 heterocycles. The SMILES string of the molecule is CC(=O)[C@H](C)[C@@H]1OC(C)(C)O[C@@H](CO[Si](c2ccccc2)(c2ccccc2)C(C)(C)C)[C@@H]1C. The Labute approximate surface area is 200 Å². The molecule has 180 valence electrons. The van der Waals surface area contributed by atoms with Gasteiger partial charge in [0.15, 0.2) is 5.79 Å². The highest BCUT2D eigenvalue weighted by atomic mass is 28.4. The van der Waals surface area contributed by atoms with E-state index in [1.165, 1.54) is 10.4 Å². The summed E-state index contributed by atoms with van der Waals surface area (Å²) < 4.78 is 19.7. The van der Waals surface area contributed by atoms with Crippen molar-refractivity contribution in [2.24, 2.45) is 11.8 Å². The summed E-state index contributed by atoms with van der Waals surface area (Å²) in [6, 6.07) is 21.3. The van der Waals surface area contributed by atoms with Crippen LogP contribution in [0.15, 0.2) is 60.7 Å². The lowest BCUT2D eigenvalue weighted by Gasteiger charge is -2.48. The lowest BCUT2D eigenvalue weighted by atomic mass is 9.86. The van der Waals surface area contributed by atoms with Crippen LogP contribution in [0.2, 0.25) is 5.04 Å². The molecule has 33 heavy (non-hydrogen) atoms. The first-order valence-electron chi connectivity index (χ1n) is 12.0. The Morgan fingerprint density at radius 3 is 1.91 bits per heavy atom. The van der Waals surface area contributed by atoms with Gasteiger partial charge in [0.25, 0.3) is 8.32 Å². The van der Waals surface area contributed by atoms with E-state index in [0.29, 0.717) is 6.61 Å². The van der Waals surface area contributed by atoms with Gasteiger partial charge in [0, 0.05) is 11.8 Å². The molecule has 3 rings (SSSR count). The molecule has 1 fully saturated rings. The summed E-state index contributed by atoms with van der Waals surface area (Å²) in [7, 11) is -2.67. The summed E-state index contributed by atoms with van der Waals surface area (Å²) in [6.45, 7) is 16.8. The van der Waals surface area contributed by atoms with Crippen molar-refractivity contribution in [2.75, 3.05) is 6.61 Å². The lowest BCUT2D eigenvalue weighted by molar-refractivity contribution is -0.327. The van der Waals surface area contributed by atoms with E-state index in [0.717, 1.165) is 0 Å². The molecule has 0 bridgehead atoms. The average Bonchev–Trinajstić information content (AvgIpc) is 2.76. The molecule has 1 saturated heterocycles. The van der Waals surface area contributed by atoms with E-state index in [2.05, 4.69) is 88.4 Å². The first-order chi connectivity index (χ1) is 15.4. The van der Waals surface area contributed by atoms with Gasteiger partial charge in [-0.3, -0.25) is 4.79 Å². The highest BCUT2D eigenvalue weighted by Gasteiger charge is 2.52. The zero-order valence-electron chi connectivity index (χ0n) is 21.4. The van der Waals surface area contributed by atoms with Gasteiger partial charge < -0.3 is 13.9 Å². The van der Waals surface area contributed by atoms with Crippen molar-refractivity contribution < 1.29 is 18.7 Å². The Bertz CT molecular complexity index is 880. The van der Waals surface area contributed by atoms with Gasteiger partial charge in [0.1, 0.15) is 5.78 Å². The Morgan fingerprint density at radius 2 is 1.48 bits per heavy atom. The van der Waals surface area contributed by atoms with Gasteiger partial charge in [-0.05, 0) is 36.2 Å². The minimum Gasteiger partial charge on any atom is -0.405 e. The number of ketones is 1. The third kappa shape index (κ3) is 5.32. The Balaban J connectivity index is 2.01. The van der Waals surface area contributed by atoms with Crippen LogP contribution in [-0.2, 0) is 18.7 Å². The predicted molar refractivity (Wildman–Crippen MR) is 136 cm³/mol. The third-order valence-electron chi connectivity index (χ3n) is 6.97. The number of carbonyl (C=O) groups excluding carboxylic acids is 1. The fourth-order valence-corrected chi connectivity index (χ4v) is 9.66. The van der Waals surface area contributed by atoms with Crippen molar-refractivity contribution in [2.45, 2.75) is 78.4 Å². The average molecular weight is 469 g/mol. The molecule has 0 unspecified atom stereocenters. The minimum absolute atomic E-state index is 0.0233. The van der Waals surface area contributed by atoms with Crippen LogP contribution >= 0.6 is 0 Å². The van der Waals surface area contributed by atoms with Crippen LogP contribution < -0.4 is 10.4 Å². The number of rotatable bonds is 7. The number of Topliss-reactive ketones (excluding diaryl/α,β-unsaturated/α-hetero) is 1. The Morgan fingerprint density at radius 1 is 1.00 bits per heavy atom. The quantitative estimate of drug-likeness (QED) is 0.540. The first-order valence-corrected chi connectivity index (χ1v) is 13.9. The predicted octanol–water partition coefficient (Wildman–Crippen LogP) is 4.94. The lowest BCUT2D eigenvalue weighted by Crippen LogP contribution is -2.67. The molecular formula is C28H40O4Si. The molecule has 0 spiro atoms. The zero-order chi connectivity index (χ0) is 24.4. The molecule has 4 nitrogen and oxygen atoms in total. The van der Waals surface area contributed by atoms with E-state index in [4.69, 9.17) is 13.9 Å². The molecular weight excluding hydrogens is 428 g/mol. The van der Waals surface area contributed by atoms with Gasteiger partial charge >= 0.3 is 0 Å². The van der Waals surface area contributed by atoms with Crippen LogP contribution in [0.5, 0.6) is 0 Å². The summed E-state index contributed by atoms with van der Waals surface area (Å²) in [6.07, 6.45) is -0.388. The number of carbonyl (C=O) groups is 1. The molecule has 5 heteroatoms. The highest BCUT2D eigenvalue weighted by molar-refractivity contribution is 6.99. The zero-order valence-corrected chi connectivity index (χ0v) is 22.4. The minimum atomic E-state index is -2.67. The third-order valence-corrected chi connectivity index (χ3v) is 12.0. The van der Waals surface area contributed by atoms with Crippen molar-refractivity contribution in [1.29, 1.82) is 0 Å². The maximum atomic E-state index is 12.2. The van der Waals surface area contributed by atoms with Crippen LogP contribution in [0, 0.1) is 11.8 Å². The van der Waals surface area contributed by atoms with Crippen molar-refractivity contribution in [3.8, 4) is 0 Å². The number of benzene rings is 2. The van der Waals surface area contributed by atoms with Crippen molar-refractivity contribution in [1.82, 2.24) is 0 Å². The van der Waals surface area contributed by atoms with E-state index in [-0.39, 0.29) is 34.9 Å². The molecule has 4 atom stereocenters. The van der Waals surface area contributed by atoms with Crippen LogP contribution in [0.1, 0.15) is 55.4 Å². The fraction of sp³-hybridized carbons (Fsp3) is 0.536. The van der Waals surface area contributed by atoms with Crippen LogP contribution in [-0.4, -0.2) is 38.7 Å². The summed E-state index contributed by atoms with van der Waals surface area (Å²) in [5, 5.41) is 2.39. The molecule has 1 aliphatic heterocycles. The van der Waals surface area contributed by atoms with Gasteiger partial charge in [-0.25, -0.2) is 0 Å². The van der Waals surface area contributed by atoms with E-state index in [9.17, 15) is 4.79 Å². The summed E-state index contributed by atoms with van der Waals surface area (Å²) in [4.78, 5) is 12.2. The molecule has 1 aliphatic rings. The molecule has 0 N–H and O–H groups in total. The van der Waals surface area contributed by atoms with Crippen molar-refractivity contribution in [3.05, 3.63) is 60.7 Å². The molecule has 2 aromatic rings. The molecule has 2 aromatic carbocycles. The van der Waals surface area contributed by atoms with Gasteiger partial charge in [-0.1, -0.05) is 95.3 Å². The maximum Gasteiger partial charge on any atom is 0.261 e. The second-order valence-electron chi connectivity index (χ2n) is 10.9. The second kappa shape index (κ2) is 9.83. The maximum absolute atomic E-state index is 12.2. The van der Waals surface area contributed by atoms with Crippen LogP contribution in [0.4, 0.5) is 0 Å². The normalized spacial score (nSPS) is 24.3. The van der Waals surface area contributed by atoms with Crippen LogP contribution in [0.3, 0.4) is 0 Å². The molecule has 0 aromatic heterocycles. The number of hydrogen-bond donors (Lipinski definition) is 0. The van der Waals surface area contributed by atoms with Crippen LogP contribution in [0.25, 0.3) is 0 Å². The monoisotopic (exact) mass is 468 g/mol. The van der Waals surface area contributed by atoms with Gasteiger partial charge in [0.2, 0.25) is 0 Å². The largest absolute Gasteiger partial charge is 0.405 e. The van der Waals surface area contributed by atoms with Crippen molar-refractivity contribution in [3.63, 3.8) is 0 Å².